The summed E-state index contributed by atoms with van der Waals surface area (Å²) >= 11 is 0. The number of carbonyl (C=O) groups is 3. The summed E-state index contributed by atoms with van der Waals surface area (Å²) in [6.45, 7) is 1.81. The van der Waals surface area contributed by atoms with Crippen LogP contribution in [0.15, 0.2) is 54.6 Å². The Morgan fingerprint density at radius 3 is 2.37 bits per heavy atom. The van der Waals surface area contributed by atoms with Gasteiger partial charge >= 0.3 is 6.03 Å². The molecule has 0 saturated carbocycles. The molecule has 2 aromatic rings. The molecule has 2 N–H and O–H groups in total. The van der Waals surface area contributed by atoms with E-state index in [0.29, 0.717) is 17.7 Å². The predicted octanol–water partition coefficient (Wildman–Crippen LogP) is 2.13. The summed E-state index contributed by atoms with van der Waals surface area (Å²) in [4.78, 5) is 37.7. The molecule has 0 aliphatic carbocycles. The van der Waals surface area contributed by atoms with E-state index in [4.69, 9.17) is 4.74 Å². The predicted molar refractivity (Wildman–Crippen MR) is 98.6 cm³/mol. The molecule has 1 fully saturated rings. The molecule has 7 heteroatoms. The SMILES string of the molecule is CC[C@@]1(c2ccccc2)NC(=O)N(NC(=O)Cc2ccc(OC)cc2)C1=O. The van der Waals surface area contributed by atoms with Gasteiger partial charge in [-0.3, -0.25) is 15.0 Å². The minimum absolute atomic E-state index is 0.0333. The average Bonchev–Trinajstić information content (AvgIpc) is 2.94. The lowest BCUT2D eigenvalue weighted by Crippen LogP contribution is -2.49. The monoisotopic (exact) mass is 367 g/mol. The van der Waals surface area contributed by atoms with Crippen LogP contribution in [0.2, 0.25) is 0 Å². The van der Waals surface area contributed by atoms with Crippen molar-refractivity contribution in [2.45, 2.75) is 25.3 Å². The van der Waals surface area contributed by atoms with Crippen LogP contribution in [0.5, 0.6) is 5.75 Å². The first-order valence-corrected chi connectivity index (χ1v) is 8.65. The second-order valence-electron chi connectivity index (χ2n) is 6.26. The van der Waals surface area contributed by atoms with Gasteiger partial charge in [0.2, 0.25) is 5.91 Å². The first-order valence-electron chi connectivity index (χ1n) is 8.65. The van der Waals surface area contributed by atoms with E-state index >= 15 is 0 Å². The van der Waals surface area contributed by atoms with Crippen molar-refractivity contribution < 1.29 is 19.1 Å². The van der Waals surface area contributed by atoms with Crippen LogP contribution >= 0.6 is 0 Å². The first kappa shape index (κ1) is 18.4. The van der Waals surface area contributed by atoms with E-state index < -0.39 is 23.4 Å². The third-order valence-electron chi connectivity index (χ3n) is 4.65. The average molecular weight is 367 g/mol. The number of nitrogens with one attached hydrogen (secondary N) is 2. The molecule has 0 aromatic heterocycles. The number of nitrogens with zero attached hydrogens (tertiary/aromatic N) is 1. The van der Waals surface area contributed by atoms with E-state index in [2.05, 4.69) is 10.7 Å². The number of hydrogen-bond donors (Lipinski definition) is 2. The molecule has 1 saturated heterocycles. The molecule has 0 unspecified atom stereocenters. The smallest absolute Gasteiger partial charge is 0.344 e. The Morgan fingerprint density at radius 1 is 1.11 bits per heavy atom. The van der Waals surface area contributed by atoms with Gasteiger partial charge in [-0.1, -0.05) is 49.4 Å². The molecule has 1 heterocycles. The maximum absolute atomic E-state index is 13.0. The Bertz CT molecular complexity index is 851. The van der Waals surface area contributed by atoms with Crippen LogP contribution in [0.4, 0.5) is 4.79 Å². The van der Waals surface area contributed by atoms with Gasteiger partial charge in [0, 0.05) is 0 Å². The van der Waals surface area contributed by atoms with Gasteiger partial charge < -0.3 is 10.1 Å². The molecular formula is C20H21N3O4. The van der Waals surface area contributed by atoms with Crippen molar-refractivity contribution in [3.63, 3.8) is 0 Å². The van der Waals surface area contributed by atoms with Crippen LogP contribution in [0.1, 0.15) is 24.5 Å². The van der Waals surface area contributed by atoms with Gasteiger partial charge in [0.1, 0.15) is 11.3 Å². The molecule has 0 spiro atoms. The van der Waals surface area contributed by atoms with Gasteiger partial charge in [0.05, 0.1) is 13.5 Å². The number of imide groups is 1. The summed E-state index contributed by atoms with van der Waals surface area (Å²) in [6, 6.07) is 15.4. The third kappa shape index (κ3) is 3.48. The molecular weight excluding hydrogens is 346 g/mol. The number of carbonyl (C=O) groups excluding carboxylic acids is 3. The van der Waals surface area contributed by atoms with E-state index in [0.717, 1.165) is 10.6 Å². The molecule has 1 aliphatic heterocycles. The van der Waals surface area contributed by atoms with Crippen molar-refractivity contribution in [2.75, 3.05) is 7.11 Å². The largest absolute Gasteiger partial charge is 0.497 e. The molecule has 7 nitrogen and oxygen atoms in total. The highest BCUT2D eigenvalue weighted by Gasteiger charge is 2.52. The third-order valence-corrected chi connectivity index (χ3v) is 4.65. The van der Waals surface area contributed by atoms with Crippen molar-refractivity contribution in [1.82, 2.24) is 15.8 Å². The number of benzene rings is 2. The number of ether oxygens (including phenoxy) is 1. The van der Waals surface area contributed by atoms with Crippen LogP contribution in [-0.4, -0.2) is 30.0 Å². The summed E-state index contributed by atoms with van der Waals surface area (Å²) < 4.78 is 5.08. The van der Waals surface area contributed by atoms with Crippen LogP contribution < -0.4 is 15.5 Å². The quantitative estimate of drug-likeness (QED) is 0.766. The highest BCUT2D eigenvalue weighted by atomic mass is 16.5. The fourth-order valence-electron chi connectivity index (χ4n) is 3.13. The fraction of sp³-hybridized carbons (Fsp3) is 0.250. The molecule has 1 aliphatic rings. The van der Waals surface area contributed by atoms with Crippen molar-refractivity contribution in [3.8, 4) is 5.75 Å². The minimum Gasteiger partial charge on any atom is -0.497 e. The maximum Gasteiger partial charge on any atom is 0.344 e. The van der Waals surface area contributed by atoms with Crippen molar-refractivity contribution in [2.24, 2.45) is 0 Å². The Balaban J connectivity index is 1.74. The van der Waals surface area contributed by atoms with Gasteiger partial charge in [-0.25, -0.2) is 4.79 Å². The van der Waals surface area contributed by atoms with E-state index in [1.54, 1.807) is 55.6 Å². The summed E-state index contributed by atoms with van der Waals surface area (Å²) in [5, 5.41) is 3.49. The molecule has 140 valence electrons. The molecule has 27 heavy (non-hydrogen) atoms. The molecule has 0 bridgehead atoms. The Morgan fingerprint density at radius 2 is 1.78 bits per heavy atom. The van der Waals surface area contributed by atoms with E-state index in [-0.39, 0.29) is 6.42 Å². The zero-order valence-corrected chi connectivity index (χ0v) is 15.2. The molecule has 2 aromatic carbocycles. The molecule has 0 radical (unpaired) electrons. The lowest BCUT2D eigenvalue weighted by atomic mass is 9.87. The van der Waals surface area contributed by atoms with Gasteiger partial charge in [-0.2, -0.15) is 5.01 Å². The zero-order valence-electron chi connectivity index (χ0n) is 15.2. The highest BCUT2D eigenvalue weighted by Crippen LogP contribution is 2.31. The van der Waals surface area contributed by atoms with E-state index in [1.807, 2.05) is 13.0 Å². The minimum atomic E-state index is -1.17. The normalized spacial score (nSPS) is 19.0. The number of hydrazine groups is 1. The summed E-state index contributed by atoms with van der Waals surface area (Å²) in [7, 11) is 1.56. The number of amides is 4. The molecule has 1 atom stereocenters. The number of rotatable bonds is 6. The van der Waals surface area contributed by atoms with Crippen LogP contribution in [-0.2, 0) is 21.5 Å². The van der Waals surface area contributed by atoms with Gasteiger partial charge in [-0.15, -0.1) is 0 Å². The Hall–Kier alpha value is -3.35. The number of hydrogen-bond acceptors (Lipinski definition) is 4. The van der Waals surface area contributed by atoms with E-state index in [1.165, 1.54) is 0 Å². The van der Waals surface area contributed by atoms with E-state index in [9.17, 15) is 14.4 Å². The second kappa shape index (κ2) is 7.49. The fourth-order valence-corrected chi connectivity index (χ4v) is 3.13. The summed E-state index contributed by atoms with van der Waals surface area (Å²) in [6.07, 6.45) is 0.401. The Labute approximate surface area is 157 Å². The summed E-state index contributed by atoms with van der Waals surface area (Å²) in [5.74, 6) is -0.267. The van der Waals surface area contributed by atoms with Crippen molar-refractivity contribution in [3.05, 3.63) is 65.7 Å². The second-order valence-corrected chi connectivity index (χ2v) is 6.26. The van der Waals surface area contributed by atoms with Gasteiger partial charge in [-0.05, 0) is 29.7 Å². The lowest BCUT2D eigenvalue weighted by molar-refractivity contribution is -0.139. The maximum atomic E-state index is 13.0. The van der Waals surface area contributed by atoms with Crippen molar-refractivity contribution in [1.29, 1.82) is 0 Å². The molecule has 3 rings (SSSR count). The van der Waals surface area contributed by atoms with Crippen LogP contribution in [0.3, 0.4) is 0 Å². The Kier molecular flexibility index (Phi) is 5.12. The molecule has 4 amide bonds. The van der Waals surface area contributed by atoms with Gasteiger partial charge in [0.15, 0.2) is 0 Å². The van der Waals surface area contributed by atoms with Crippen LogP contribution in [0.25, 0.3) is 0 Å². The lowest BCUT2D eigenvalue weighted by Gasteiger charge is -2.25. The van der Waals surface area contributed by atoms with Crippen LogP contribution in [0, 0.1) is 0 Å². The number of methoxy groups -OCH3 is 1. The number of urea groups is 1. The topological polar surface area (TPSA) is 87.7 Å². The first-order chi connectivity index (χ1) is 13.0. The van der Waals surface area contributed by atoms with Crippen molar-refractivity contribution >= 4 is 17.8 Å². The highest BCUT2D eigenvalue weighted by molar-refractivity contribution is 6.08. The zero-order chi connectivity index (χ0) is 19.4. The summed E-state index contributed by atoms with van der Waals surface area (Å²) in [5.41, 5.74) is 2.66. The van der Waals surface area contributed by atoms with Gasteiger partial charge in [0.25, 0.3) is 5.91 Å². The standard InChI is InChI=1S/C20H21N3O4/c1-3-20(15-7-5-4-6-8-15)18(25)23(19(26)21-20)22-17(24)13-14-9-11-16(27-2)12-10-14/h4-12H,3,13H2,1-2H3,(H,21,26)(H,22,24)/t20-/m0/s1.